The Balaban J connectivity index is 0. The topological polar surface area (TPSA) is 40.1 Å². The minimum atomic E-state index is -1.04. The van der Waals surface area contributed by atoms with E-state index in [0.717, 1.165) is 12.8 Å². The number of hydrogen-bond donors (Lipinski definition) is 1. The molecular formula is C15H29LiO2S. The van der Waals surface area contributed by atoms with E-state index in [4.69, 9.17) is 0 Å². The molecule has 0 amide bonds. The van der Waals surface area contributed by atoms with Gasteiger partial charge in [0.2, 0.25) is 0 Å². The predicted octanol–water partition coefficient (Wildman–Crippen LogP) is 0.740. The third-order valence-corrected chi connectivity index (χ3v) is 3.82. The number of rotatable bonds is 13. The second-order valence-corrected chi connectivity index (χ2v) is 5.78. The van der Waals surface area contributed by atoms with Crippen molar-refractivity contribution in [1.29, 1.82) is 0 Å². The van der Waals surface area contributed by atoms with Crippen LogP contribution >= 0.6 is 12.6 Å². The Morgan fingerprint density at radius 3 is 1.63 bits per heavy atom. The molecule has 1 unspecified atom stereocenters. The molecule has 0 N–H and O–H groups in total. The number of carboxylic acids is 1. The molecule has 0 bridgehead atoms. The first kappa shape index (κ1) is 21.7. The molecule has 0 saturated heterocycles. The van der Waals surface area contributed by atoms with Crippen molar-refractivity contribution in [1.82, 2.24) is 0 Å². The monoisotopic (exact) mass is 280 g/mol. The van der Waals surface area contributed by atoms with Crippen LogP contribution in [-0.4, -0.2) is 11.2 Å². The summed E-state index contributed by atoms with van der Waals surface area (Å²) < 4.78 is 0. The maximum absolute atomic E-state index is 10.4. The van der Waals surface area contributed by atoms with Crippen molar-refractivity contribution in [3.63, 3.8) is 0 Å². The molecule has 0 aliphatic heterocycles. The first-order valence-electron chi connectivity index (χ1n) is 7.57. The van der Waals surface area contributed by atoms with Crippen molar-refractivity contribution in [2.75, 3.05) is 0 Å². The van der Waals surface area contributed by atoms with Crippen LogP contribution in [0.2, 0.25) is 0 Å². The molecule has 19 heavy (non-hydrogen) atoms. The van der Waals surface area contributed by atoms with Crippen LogP contribution in [0.4, 0.5) is 0 Å². The molecular weight excluding hydrogens is 251 g/mol. The molecule has 0 radical (unpaired) electrons. The standard InChI is InChI=1S/C15H30O2S.Li/c1-2-3-4-5-6-7-8-9-10-11-12-13-14(18)15(16)17;/h14,18H,2-13H2,1H3,(H,16,17);/q;+1/p-1. The Hall–Kier alpha value is 0.417. The minimum absolute atomic E-state index is 0. The van der Waals surface area contributed by atoms with Gasteiger partial charge in [0.1, 0.15) is 0 Å². The second-order valence-electron chi connectivity index (χ2n) is 5.16. The summed E-state index contributed by atoms with van der Waals surface area (Å²) in [6.07, 6.45) is 14.8. The molecule has 0 aromatic rings. The Labute approximate surface area is 136 Å². The third-order valence-electron chi connectivity index (χ3n) is 3.35. The SMILES string of the molecule is CCCCCCCCCCCCCC(S)C(=O)[O-].[Li+]. The van der Waals surface area contributed by atoms with E-state index < -0.39 is 11.2 Å². The Bertz CT molecular complexity index is 201. The van der Waals surface area contributed by atoms with Gasteiger partial charge in [-0.1, -0.05) is 77.6 Å². The number of carbonyl (C=O) groups is 1. The van der Waals surface area contributed by atoms with E-state index in [1.165, 1.54) is 57.8 Å². The van der Waals surface area contributed by atoms with Gasteiger partial charge in [-0.2, -0.15) is 12.6 Å². The summed E-state index contributed by atoms with van der Waals surface area (Å²) in [4.78, 5) is 10.4. The molecule has 0 aromatic heterocycles. The third kappa shape index (κ3) is 16.4. The van der Waals surface area contributed by atoms with Crippen LogP contribution in [0.1, 0.15) is 84.0 Å². The Morgan fingerprint density at radius 2 is 1.26 bits per heavy atom. The number of thiol groups is 1. The van der Waals surface area contributed by atoms with E-state index in [9.17, 15) is 9.90 Å². The fourth-order valence-corrected chi connectivity index (χ4v) is 2.30. The van der Waals surface area contributed by atoms with Gasteiger partial charge in [0, 0.05) is 5.25 Å². The Morgan fingerprint density at radius 1 is 0.895 bits per heavy atom. The van der Waals surface area contributed by atoms with E-state index in [2.05, 4.69) is 19.6 Å². The van der Waals surface area contributed by atoms with Crippen LogP contribution in [0, 0.1) is 0 Å². The van der Waals surface area contributed by atoms with Crippen molar-refractivity contribution in [3.8, 4) is 0 Å². The van der Waals surface area contributed by atoms with Gasteiger partial charge in [-0.3, -0.25) is 0 Å². The molecule has 0 aliphatic rings. The number of carboxylic acid groups (broad SMARTS) is 1. The molecule has 0 spiro atoms. The number of carbonyl (C=O) groups excluding carboxylic acids is 1. The van der Waals surface area contributed by atoms with Crippen LogP contribution < -0.4 is 24.0 Å². The van der Waals surface area contributed by atoms with E-state index in [1.807, 2.05) is 0 Å². The number of unbranched alkanes of at least 4 members (excludes halogenated alkanes) is 10. The molecule has 1 atom stereocenters. The van der Waals surface area contributed by atoms with Gasteiger partial charge in [-0.25, -0.2) is 0 Å². The normalized spacial score (nSPS) is 11.9. The molecule has 0 heterocycles. The maximum Gasteiger partial charge on any atom is 1.00 e. The summed E-state index contributed by atoms with van der Waals surface area (Å²) in [5.41, 5.74) is 0. The fourth-order valence-electron chi connectivity index (χ4n) is 2.12. The Kier molecular flexibility index (Phi) is 18.8. The van der Waals surface area contributed by atoms with E-state index in [0.29, 0.717) is 6.42 Å². The van der Waals surface area contributed by atoms with Crippen molar-refractivity contribution in [2.24, 2.45) is 0 Å². The molecule has 0 saturated carbocycles. The van der Waals surface area contributed by atoms with Crippen LogP contribution in [0.25, 0.3) is 0 Å². The molecule has 0 rings (SSSR count). The van der Waals surface area contributed by atoms with Crippen LogP contribution in [-0.2, 0) is 4.79 Å². The van der Waals surface area contributed by atoms with Crippen molar-refractivity contribution in [2.45, 2.75) is 89.2 Å². The quantitative estimate of drug-likeness (QED) is 0.307. The van der Waals surface area contributed by atoms with Gasteiger partial charge < -0.3 is 9.90 Å². The fraction of sp³-hybridized carbons (Fsp3) is 0.933. The van der Waals surface area contributed by atoms with E-state index in [1.54, 1.807) is 0 Å². The van der Waals surface area contributed by atoms with E-state index in [-0.39, 0.29) is 18.9 Å². The zero-order valence-electron chi connectivity index (χ0n) is 12.8. The van der Waals surface area contributed by atoms with Crippen molar-refractivity contribution < 1.29 is 28.8 Å². The average molecular weight is 280 g/mol. The van der Waals surface area contributed by atoms with Gasteiger partial charge in [0.25, 0.3) is 0 Å². The zero-order chi connectivity index (χ0) is 13.6. The first-order valence-corrected chi connectivity index (χ1v) is 8.09. The zero-order valence-corrected chi connectivity index (χ0v) is 13.7. The number of aliphatic carboxylic acids is 1. The summed E-state index contributed by atoms with van der Waals surface area (Å²) >= 11 is 3.96. The minimum Gasteiger partial charge on any atom is -0.549 e. The molecule has 0 fully saturated rings. The summed E-state index contributed by atoms with van der Waals surface area (Å²) in [7, 11) is 0. The largest absolute Gasteiger partial charge is 1.00 e. The van der Waals surface area contributed by atoms with Crippen molar-refractivity contribution >= 4 is 18.6 Å². The second kappa shape index (κ2) is 16.5. The van der Waals surface area contributed by atoms with Gasteiger partial charge in [-0.15, -0.1) is 0 Å². The first-order chi connectivity index (χ1) is 8.68. The van der Waals surface area contributed by atoms with Gasteiger partial charge in [-0.05, 0) is 6.42 Å². The number of hydrogen-bond acceptors (Lipinski definition) is 3. The van der Waals surface area contributed by atoms with Crippen molar-refractivity contribution in [3.05, 3.63) is 0 Å². The van der Waals surface area contributed by atoms with Gasteiger partial charge in [0.05, 0.1) is 5.97 Å². The molecule has 0 aromatic carbocycles. The average Bonchev–Trinajstić information content (AvgIpc) is 2.35. The summed E-state index contributed by atoms with van der Waals surface area (Å²) in [5, 5.41) is 9.84. The molecule has 2 nitrogen and oxygen atoms in total. The van der Waals surface area contributed by atoms with Crippen LogP contribution in [0.3, 0.4) is 0 Å². The predicted molar refractivity (Wildman–Crippen MR) is 78.9 cm³/mol. The molecule has 108 valence electrons. The van der Waals surface area contributed by atoms with Crippen LogP contribution in [0.5, 0.6) is 0 Å². The molecule has 0 aliphatic carbocycles. The van der Waals surface area contributed by atoms with Gasteiger partial charge >= 0.3 is 18.9 Å². The van der Waals surface area contributed by atoms with E-state index >= 15 is 0 Å². The summed E-state index contributed by atoms with van der Waals surface area (Å²) in [5.74, 6) is -1.04. The smallest absolute Gasteiger partial charge is 0.549 e. The van der Waals surface area contributed by atoms with Gasteiger partial charge in [0.15, 0.2) is 0 Å². The summed E-state index contributed by atoms with van der Waals surface area (Å²) in [6, 6.07) is 0. The maximum atomic E-state index is 10.4. The van der Waals surface area contributed by atoms with Crippen LogP contribution in [0.15, 0.2) is 0 Å². The molecule has 4 heteroatoms. The summed E-state index contributed by atoms with van der Waals surface area (Å²) in [6.45, 7) is 2.25.